The predicted octanol–water partition coefficient (Wildman–Crippen LogP) is 3.87. The summed E-state index contributed by atoms with van der Waals surface area (Å²) in [4.78, 5) is 44.2. The van der Waals surface area contributed by atoms with Crippen LogP contribution >= 0.6 is 0 Å². The van der Waals surface area contributed by atoms with Crippen LogP contribution in [0.25, 0.3) is 0 Å². The number of nitrogens with two attached hydrogens (primary N) is 2. The van der Waals surface area contributed by atoms with Crippen molar-refractivity contribution >= 4 is 29.6 Å². The molecule has 1 fully saturated rings. The lowest BCUT2D eigenvalue weighted by Crippen LogP contribution is -2.47. The van der Waals surface area contributed by atoms with Crippen molar-refractivity contribution in [1.82, 2.24) is 20.5 Å². The second-order valence-electron chi connectivity index (χ2n) is 11.9. The molecule has 14 nitrogen and oxygen atoms in total. The summed E-state index contributed by atoms with van der Waals surface area (Å²) in [6, 6.07) is 16.0. The zero-order chi connectivity index (χ0) is 34.1. The molecule has 4 rings (SSSR count). The third kappa shape index (κ3) is 10.2. The molecule has 0 unspecified atom stereocenters. The summed E-state index contributed by atoms with van der Waals surface area (Å²) in [5.74, 6) is 0.324. The number of nitrogens with one attached hydrogen (secondary N) is 4. The van der Waals surface area contributed by atoms with Gasteiger partial charge in [-0.05, 0) is 88.2 Å². The van der Waals surface area contributed by atoms with Gasteiger partial charge in [-0.1, -0.05) is 0 Å². The number of alkyl carbamates (subject to hydrolysis) is 1. The summed E-state index contributed by atoms with van der Waals surface area (Å²) >= 11 is 0. The van der Waals surface area contributed by atoms with Crippen molar-refractivity contribution in [3.63, 3.8) is 0 Å². The highest BCUT2D eigenvalue weighted by atomic mass is 16.6. The fraction of sp³-hybridized carbons (Fsp3) is 0.333. The number of benzene rings is 2. The Morgan fingerprint density at radius 2 is 1.43 bits per heavy atom. The Hall–Kier alpha value is -5.66. The van der Waals surface area contributed by atoms with E-state index in [0.717, 1.165) is 0 Å². The Bertz CT molecular complexity index is 1610. The maximum Gasteiger partial charge on any atom is 0.407 e. The van der Waals surface area contributed by atoms with E-state index in [1.54, 1.807) is 86.3 Å². The van der Waals surface area contributed by atoms with Crippen molar-refractivity contribution < 1.29 is 28.6 Å². The Labute approximate surface area is 272 Å². The minimum Gasteiger partial charge on any atom is -0.444 e. The number of amides is 3. The first-order chi connectivity index (χ1) is 22.3. The first-order valence-electron chi connectivity index (χ1n) is 15.1. The molecule has 1 aliphatic heterocycles. The molecule has 0 radical (unpaired) electrons. The molecular weight excluding hydrogens is 604 g/mol. The quantitative estimate of drug-likeness (QED) is 0.132. The molecule has 1 aromatic heterocycles. The molecule has 14 heteroatoms. The van der Waals surface area contributed by atoms with Crippen LogP contribution in [0.2, 0.25) is 0 Å². The van der Waals surface area contributed by atoms with Gasteiger partial charge in [0.1, 0.15) is 34.3 Å². The zero-order valence-corrected chi connectivity index (χ0v) is 26.6. The second kappa shape index (κ2) is 15.1. The number of carbonyl (C=O) groups excluding carboxylic acids is 3. The third-order valence-electron chi connectivity index (χ3n) is 7.04. The number of amidine groups is 2. The number of nitrogens with zero attached hydrogens (tertiary/aromatic N) is 2. The standard InChI is InChI=1S/C33H40N8O6/c1-33(2,3)47-32(44)38-17-14-27(42)41-18-15-22(16-19-41)39-30(43)25-12-13-26(45-23-8-4-20(5-9-23)28(34)35)40-31(25)46-24-10-6-21(7-11-24)29(36)37/h4-13,22H,14-19H2,1-3H3,(H3,34,35)(H3,36,37)(H,38,44)(H,39,43). The normalized spacial score (nSPS) is 13.3. The minimum absolute atomic E-state index is 0.000956. The van der Waals surface area contributed by atoms with Crippen LogP contribution in [0.5, 0.6) is 23.3 Å². The number of piperidine rings is 1. The molecule has 1 saturated heterocycles. The van der Waals surface area contributed by atoms with Crippen LogP contribution in [0, 0.1) is 10.8 Å². The smallest absolute Gasteiger partial charge is 0.407 e. The number of rotatable bonds is 11. The summed E-state index contributed by atoms with van der Waals surface area (Å²) in [5, 5.41) is 20.8. The molecule has 0 spiro atoms. The first kappa shape index (κ1) is 34.2. The summed E-state index contributed by atoms with van der Waals surface area (Å²) in [7, 11) is 0. The maximum atomic E-state index is 13.5. The fourth-order valence-electron chi connectivity index (χ4n) is 4.65. The van der Waals surface area contributed by atoms with Crippen molar-refractivity contribution in [2.24, 2.45) is 11.5 Å². The molecule has 3 amide bonds. The van der Waals surface area contributed by atoms with E-state index in [4.69, 9.17) is 36.5 Å². The maximum absolute atomic E-state index is 13.5. The van der Waals surface area contributed by atoms with E-state index in [2.05, 4.69) is 15.6 Å². The van der Waals surface area contributed by atoms with Crippen molar-refractivity contribution in [2.45, 2.75) is 51.7 Å². The van der Waals surface area contributed by atoms with Gasteiger partial charge in [-0.15, -0.1) is 0 Å². The Morgan fingerprint density at radius 3 is 1.96 bits per heavy atom. The number of pyridine rings is 1. The molecule has 2 aromatic carbocycles. The van der Waals surface area contributed by atoms with Gasteiger partial charge in [0.15, 0.2) is 0 Å². The van der Waals surface area contributed by atoms with E-state index in [1.165, 1.54) is 0 Å². The van der Waals surface area contributed by atoms with Gasteiger partial charge in [0, 0.05) is 49.3 Å². The largest absolute Gasteiger partial charge is 0.444 e. The Kier molecular flexibility index (Phi) is 11.0. The molecule has 2 heterocycles. The molecule has 47 heavy (non-hydrogen) atoms. The number of carbonyl (C=O) groups is 3. The number of hydrogen-bond acceptors (Lipinski definition) is 9. The number of aromatic nitrogens is 1. The second-order valence-corrected chi connectivity index (χ2v) is 11.9. The Balaban J connectivity index is 1.40. The SMILES string of the molecule is CC(C)(C)OC(=O)NCCC(=O)N1CCC(NC(=O)c2ccc(Oc3ccc(C(=N)N)cc3)nc2Oc2ccc(C(=N)N)cc2)CC1. The number of likely N-dealkylation sites (tertiary alicyclic amines) is 1. The van der Waals surface area contributed by atoms with E-state index in [0.29, 0.717) is 48.6 Å². The van der Waals surface area contributed by atoms with Gasteiger partial charge in [-0.2, -0.15) is 4.98 Å². The molecule has 0 saturated carbocycles. The molecule has 3 aromatic rings. The van der Waals surface area contributed by atoms with E-state index in [9.17, 15) is 14.4 Å². The third-order valence-corrected chi connectivity index (χ3v) is 7.04. The van der Waals surface area contributed by atoms with E-state index in [-0.39, 0.29) is 53.9 Å². The zero-order valence-electron chi connectivity index (χ0n) is 26.6. The van der Waals surface area contributed by atoms with Gasteiger partial charge in [-0.3, -0.25) is 20.4 Å². The first-order valence-corrected chi connectivity index (χ1v) is 15.1. The van der Waals surface area contributed by atoms with Gasteiger partial charge < -0.3 is 41.2 Å². The van der Waals surface area contributed by atoms with Gasteiger partial charge in [0.05, 0.1) is 0 Å². The van der Waals surface area contributed by atoms with Gasteiger partial charge in [0.25, 0.3) is 5.91 Å². The Morgan fingerprint density at radius 1 is 0.872 bits per heavy atom. The van der Waals surface area contributed by atoms with Crippen LogP contribution in [0.1, 0.15) is 61.5 Å². The van der Waals surface area contributed by atoms with Crippen LogP contribution in [-0.4, -0.2) is 70.7 Å². The van der Waals surface area contributed by atoms with Crippen LogP contribution < -0.4 is 31.6 Å². The molecular formula is C33H40N8O6. The number of ether oxygens (including phenoxy) is 3. The van der Waals surface area contributed by atoms with Crippen molar-refractivity contribution in [3.8, 4) is 23.3 Å². The van der Waals surface area contributed by atoms with E-state index in [1.807, 2.05) is 0 Å². The molecule has 248 valence electrons. The highest BCUT2D eigenvalue weighted by Gasteiger charge is 2.26. The molecule has 0 aliphatic carbocycles. The summed E-state index contributed by atoms with van der Waals surface area (Å²) in [6.45, 7) is 6.38. The molecule has 1 aliphatic rings. The highest BCUT2D eigenvalue weighted by Crippen LogP contribution is 2.29. The monoisotopic (exact) mass is 644 g/mol. The fourth-order valence-corrected chi connectivity index (χ4v) is 4.65. The van der Waals surface area contributed by atoms with Crippen molar-refractivity contribution in [3.05, 3.63) is 77.4 Å². The minimum atomic E-state index is -0.619. The number of nitrogen functional groups attached to an aromatic ring is 2. The van der Waals surface area contributed by atoms with Crippen LogP contribution in [-0.2, 0) is 9.53 Å². The molecule has 0 atom stereocenters. The predicted molar refractivity (Wildman–Crippen MR) is 175 cm³/mol. The van der Waals surface area contributed by atoms with Crippen molar-refractivity contribution in [2.75, 3.05) is 19.6 Å². The highest BCUT2D eigenvalue weighted by molar-refractivity contribution is 5.97. The topological polar surface area (TPSA) is 219 Å². The van der Waals surface area contributed by atoms with E-state index < -0.39 is 17.6 Å². The summed E-state index contributed by atoms with van der Waals surface area (Å²) in [6.07, 6.45) is 0.668. The van der Waals surface area contributed by atoms with E-state index >= 15 is 0 Å². The average molecular weight is 645 g/mol. The van der Waals surface area contributed by atoms with Crippen molar-refractivity contribution in [1.29, 1.82) is 10.8 Å². The average Bonchev–Trinajstić information content (AvgIpc) is 3.01. The van der Waals surface area contributed by atoms with Gasteiger partial charge >= 0.3 is 6.09 Å². The van der Waals surface area contributed by atoms with Crippen LogP contribution in [0.4, 0.5) is 4.79 Å². The lowest BCUT2D eigenvalue weighted by Gasteiger charge is -2.32. The lowest BCUT2D eigenvalue weighted by atomic mass is 10.0. The van der Waals surface area contributed by atoms with Gasteiger partial charge in [0.2, 0.25) is 17.7 Å². The van der Waals surface area contributed by atoms with Crippen LogP contribution in [0.15, 0.2) is 60.7 Å². The molecule has 8 N–H and O–H groups in total. The molecule has 0 bridgehead atoms. The van der Waals surface area contributed by atoms with Gasteiger partial charge in [-0.25, -0.2) is 4.79 Å². The lowest BCUT2D eigenvalue weighted by molar-refractivity contribution is -0.132. The number of hydrogen-bond donors (Lipinski definition) is 6. The summed E-state index contributed by atoms with van der Waals surface area (Å²) < 4.78 is 17.1. The summed E-state index contributed by atoms with van der Waals surface area (Å²) in [5.41, 5.74) is 11.7. The van der Waals surface area contributed by atoms with Crippen LogP contribution in [0.3, 0.4) is 0 Å².